The van der Waals surface area contributed by atoms with Crippen LogP contribution < -0.4 is 15.4 Å². The zero-order chi connectivity index (χ0) is 27.7. The van der Waals surface area contributed by atoms with Crippen molar-refractivity contribution >= 4 is 39.4 Å². The Hall–Kier alpha value is -3.68. The highest BCUT2D eigenvalue weighted by Gasteiger charge is 2.29. The maximum Gasteiger partial charge on any atom is 0.220 e. The lowest BCUT2D eigenvalue weighted by molar-refractivity contribution is -0.122. The van der Waals surface area contributed by atoms with Crippen LogP contribution in [0.25, 0.3) is 21.7 Å². The highest BCUT2D eigenvalue weighted by molar-refractivity contribution is 7.92. The van der Waals surface area contributed by atoms with Crippen molar-refractivity contribution in [1.29, 1.82) is 0 Å². The molecule has 3 N–H and O–H groups in total. The number of hydrogen-bond acceptors (Lipinski definition) is 7. The molecule has 1 fully saturated rings. The number of carbonyl (C=O) groups is 1. The standard InChI is InChI=1S/C26H21F4N5O2S2/c27-16-1-2-17(28)20(13-16)39(37)34-19-4-3-18(29)21(22(19)30)23-24(14-5-9-32-10-6-14)38-26(33-23)35-11-7-15(8-12-35)25(31)36/h1-6,9-10,13,15,34H,7-8,11-12H2,(H2,31,36). The van der Waals surface area contributed by atoms with Crippen LogP contribution >= 0.6 is 11.3 Å². The molecule has 1 atom stereocenters. The number of piperidine rings is 1. The summed E-state index contributed by atoms with van der Waals surface area (Å²) in [5.74, 6) is -4.40. The Morgan fingerprint density at radius 3 is 2.44 bits per heavy atom. The van der Waals surface area contributed by atoms with Gasteiger partial charge in [0.25, 0.3) is 0 Å². The summed E-state index contributed by atoms with van der Waals surface area (Å²) in [6.45, 7) is 0.974. The van der Waals surface area contributed by atoms with Crippen LogP contribution in [0.2, 0.25) is 0 Å². The second-order valence-corrected chi connectivity index (χ2v) is 11.0. The van der Waals surface area contributed by atoms with E-state index in [0.29, 0.717) is 41.5 Å². The van der Waals surface area contributed by atoms with Gasteiger partial charge < -0.3 is 15.2 Å². The fourth-order valence-electron chi connectivity index (χ4n) is 4.29. The number of carbonyl (C=O) groups excluding carboxylic acids is 1. The second kappa shape index (κ2) is 11.2. The van der Waals surface area contributed by atoms with Crippen molar-refractivity contribution in [3.8, 4) is 21.7 Å². The quantitative estimate of drug-likeness (QED) is 0.230. The minimum atomic E-state index is -2.38. The van der Waals surface area contributed by atoms with Gasteiger partial charge in [0.2, 0.25) is 10.8 Å². The molecular formula is C26H21F4N5O2S2. The Morgan fingerprint density at radius 1 is 1.05 bits per heavy atom. The molecule has 5 rings (SSSR count). The van der Waals surface area contributed by atoms with Crippen LogP contribution in [0.15, 0.2) is 59.8 Å². The van der Waals surface area contributed by atoms with Gasteiger partial charge in [0, 0.05) is 37.5 Å². The molecule has 0 saturated carbocycles. The maximum absolute atomic E-state index is 15.8. The number of pyridine rings is 1. The monoisotopic (exact) mass is 575 g/mol. The van der Waals surface area contributed by atoms with E-state index < -0.39 is 45.1 Å². The zero-order valence-electron chi connectivity index (χ0n) is 20.2. The first-order valence-electron chi connectivity index (χ1n) is 11.8. The summed E-state index contributed by atoms with van der Waals surface area (Å²) in [4.78, 5) is 22.0. The molecule has 2 aromatic heterocycles. The van der Waals surface area contributed by atoms with Gasteiger partial charge in [-0.25, -0.2) is 27.3 Å². The van der Waals surface area contributed by atoms with Gasteiger partial charge in [-0.15, -0.1) is 0 Å². The van der Waals surface area contributed by atoms with Crippen molar-refractivity contribution in [2.45, 2.75) is 17.7 Å². The number of primary amides is 1. The third-order valence-corrected chi connectivity index (χ3v) is 8.63. The predicted octanol–water partition coefficient (Wildman–Crippen LogP) is 5.26. The van der Waals surface area contributed by atoms with E-state index in [4.69, 9.17) is 5.73 Å². The molecule has 1 amide bonds. The minimum absolute atomic E-state index is 0.0135. The SMILES string of the molecule is NC(=O)C1CCN(c2nc(-c3c(F)ccc(N[S+]([O-])c4cc(F)ccc4F)c3F)c(-c3ccncc3)s2)CC1. The summed E-state index contributed by atoms with van der Waals surface area (Å²) in [6.07, 6.45) is 4.13. The van der Waals surface area contributed by atoms with Crippen LogP contribution in [0.3, 0.4) is 0 Å². The first-order chi connectivity index (χ1) is 18.7. The number of nitrogens with two attached hydrogens (primary N) is 1. The summed E-state index contributed by atoms with van der Waals surface area (Å²) >= 11 is -1.16. The molecule has 39 heavy (non-hydrogen) atoms. The highest BCUT2D eigenvalue weighted by Crippen LogP contribution is 2.44. The lowest BCUT2D eigenvalue weighted by Gasteiger charge is -2.30. The molecule has 0 bridgehead atoms. The number of anilines is 2. The molecule has 7 nitrogen and oxygen atoms in total. The first kappa shape index (κ1) is 26.9. The van der Waals surface area contributed by atoms with Crippen molar-refractivity contribution in [2.24, 2.45) is 11.7 Å². The third-order valence-electron chi connectivity index (χ3n) is 6.35. The average Bonchev–Trinajstić information content (AvgIpc) is 3.37. The number of benzene rings is 2. The van der Waals surface area contributed by atoms with Gasteiger partial charge in [0.05, 0.1) is 16.1 Å². The van der Waals surface area contributed by atoms with E-state index in [0.717, 1.165) is 30.3 Å². The fourth-order valence-corrected chi connectivity index (χ4v) is 6.35. The lowest BCUT2D eigenvalue weighted by atomic mass is 9.97. The van der Waals surface area contributed by atoms with Gasteiger partial charge in [-0.2, -0.15) is 0 Å². The summed E-state index contributed by atoms with van der Waals surface area (Å²) in [5, 5.41) is 0.502. The molecule has 0 aliphatic carbocycles. The topological polar surface area (TPSA) is 107 Å². The maximum atomic E-state index is 15.8. The zero-order valence-corrected chi connectivity index (χ0v) is 21.8. The van der Waals surface area contributed by atoms with E-state index in [1.165, 1.54) is 23.7 Å². The van der Waals surface area contributed by atoms with E-state index in [1.54, 1.807) is 12.1 Å². The van der Waals surface area contributed by atoms with Crippen molar-refractivity contribution in [1.82, 2.24) is 9.97 Å². The number of amides is 1. The Morgan fingerprint density at radius 2 is 1.74 bits per heavy atom. The number of rotatable bonds is 7. The molecule has 0 radical (unpaired) electrons. The molecule has 2 aromatic carbocycles. The number of aromatic nitrogens is 2. The molecular weight excluding hydrogens is 554 g/mol. The Kier molecular flexibility index (Phi) is 7.73. The van der Waals surface area contributed by atoms with Gasteiger partial charge in [-0.05, 0) is 54.8 Å². The van der Waals surface area contributed by atoms with E-state index in [9.17, 15) is 18.1 Å². The summed E-state index contributed by atoms with van der Waals surface area (Å²) in [7, 11) is 0. The van der Waals surface area contributed by atoms with Crippen molar-refractivity contribution in [3.63, 3.8) is 0 Å². The van der Waals surface area contributed by atoms with Crippen molar-refractivity contribution in [2.75, 3.05) is 22.7 Å². The van der Waals surface area contributed by atoms with Crippen LogP contribution in [-0.4, -0.2) is 33.5 Å². The third kappa shape index (κ3) is 5.56. The number of nitrogens with one attached hydrogen (secondary N) is 1. The smallest absolute Gasteiger partial charge is 0.220 e. The van der Waals surface area contributed by atoms with Gasteiger partial charge >= 0.3 is 0 Å². The Labute approximate surface area is 228 Å². The predicted molar refractivity (Wildman–Crippen MR) is 141 cm³/mol. The molecule has 1 saturated heterocycles. The van der Waals surface area contributed by atoms with Gasteiger partial charge in [-0.3, -0.25) is 9.78 Å². The van der Waals surface area contributed by atoms with Crippen molar-refractivity contribution < 1.29 is 26.9 Å². The van der Waals surface area contributed by atoms with E-state index >= 15 is 8.78 Å². The Balaban J connectivity index is 1.54. The molecule has 1 aliphatic heterocycles. The average molecular weight is 576 g/mol. The second-order valence-electron chi connectivity index (χ2n) is 8.80. The summed E-state index contributed by atoms with van der Waals surface area (Å²) in [5.41, 5.74) is 5.22. The van der Waals surface area contributed by atoms with Crippen LogP contribution in [-0.2, 0) is 16.2 Å². The normalized spacial score (nSPS) is 14.8. The number of halogens is 4. The minimum Gasteiger partial charge on any atom is -0.588 e. The summed E-state index contributed by atoms with van der Waals surface area (Å²) in [6, 6.07) is 7.77. The largest absolute Gasteiger partial charge is 0.588 e. The van der Waals surface area contributed by atoms with Crippen LogP contribution in [0.5, 0.6) is 0 Å². The number of hydrogen-bond donors (Lipinski definition) is 2. The van der Waals surface area contributed by atoms with Crippen LogP contribution in [0, 0.1) is 29.2 Å². The molecule has 1 aliphatic rings. The first-order valence-corrected chi connectivity index (χ1v) is 13.8. The molecule has 13 heteroatoms. The van der Waals surface area contributed by atoms with Crippen LogP contribution in [0.4, 0.5) is 28.4 Å². The highest BCUT2D eigenvalue weighted by atomic mass is 32.2. The Bertz CT molecular complexity index is 1510. The summed E-state index contributed by atoms with van der Waals surface area (Å²) < 4.78 is 73.8. The van der Waals surface area contributed by atoms with E-state index in [-0.39, 0.29) is 23.2 Å². The van der Waals surface area contributed by atoms with Crippen LogP contribution in [0.1, 0.15) is 12.8 Å². The molecule has 0 spiro atoms. The fraction of sp³-hybridized carbons (Fsp3) is 0.192. The molecule has 3 heterocycles. The van der Waals surface area contributed by atoms with E-state index in [2.05, 4.69) is 14.7 Å². The lowest BCUT2D eigenvalue weighted by Crippen LogP contribution is -2.38. The molecule has 1 unspecified atom stereocenters. The van der Waals surface area contributed by atoms with Crippen molar-refractivity contribution in [3.05, 3.63) is 78.1 Å². The number of thiazole rings is 1. The molecule has 4 aromatic rings. The van der Waals surface area contributed by atoms with Gasteiger partial charge in [0.15, 0.2) is 16.8 Å². The number of nitrogens with zero attached hydrogens (tertiary/aromatic N) is 3. The molecule has 202 valence electrons. The van der Waals surface area contributed by atoms with E-state index in [1.807, 2.05) is 4.90 Å². The van der Waals surface area contributed by atoms with Gasteiger partial charge in [-0.1, -0.05) is 11.3 Å². The van der Waals surface area contributed by atoms with Gasteiger partial charge in [0.1, 0.15) is 28.7 Å².